The summed E-state index contributed by atoms with van der Waals surface area (Å²) in [5.74, 6) is 0.634. The van der Waals surface area contributed by atoms with Crippen molar-refractivity contribution in [3.8, 4) is 0 Å². The SMILES string of the molecule is CO[C@@H]1CCC[C@H]1CN. The molecule has 0 bridgehead atoms. The van der Waals surface area contributed by atoms with Gasteiger partial charge in [-0.15, -0.1) is 0 Å². The first-order valence-corrected chi connectivity index (χ1v) is 3.61. The van der Waals surface area contributed by atoms with E-state index in [-0.39, 0.29) is 0 Å². The maximum atomic E-state index is 5.52. The summed E-state index contributed by atoms with van der Waals surface area (Å²) in [6.07, 6.45) is 4.21. The van der Waals surface area contributed by atoms with Gasteiger partial charge in [-0.3, -0.25) is 0 Å². The van der Waals surface area contributed by atoms with Crippen molar-refractivity contribution in [1.29, 1.82) is 0 Å². The smallest absolute Gasteiger partial charge is 0.0611 e. The molecule has 2 N–H and O–H groups in total. The van der Waals surface area contributed by atoms with E-state index in [2.05, 4.69) is 0 Å². The summed E-state index contributed by atoms with van der Waals surface area (Å²) < 4.78 is 5.23. The number of hydrogen-bond donors (Lipinski definition) is 1. The predicted octanol–water partition coefficient (Wildman–Crippen LogP) is 0.760. The second-order valence-electron chi connectivity index (χ2n) is 2.70. The van der Waals surface area contributed by atoms with Gasteiger partial charge in [-0.05, 0) is 25.3 Å². The zero-order chi connectivity index (χ0) is 6.69. The Hall–Kier alpha value is -0.0800. The van der Waals surface area contributed by atoms with Crippen molar-refractivity contribution in [2.75, 3.05) is 13.7 Å². The maximum Gasteiger partial charge on any atom is 0.0611 e. The zero-order valence-electron chi connectivity index (χ0n) is 5.97. The Bertz CT molecular complexity index is 75.0. The molecule has 0 radical (unpaired) electrons. The van der Waals surface area contributed by atoms with Gasteiger partial charge in [0.1, 0.15) is 0 Å². The standard InChI is InChI=1S/C7H15NO/c1-9-7-4-2-3-6(7)5-8/h6-7H,2-5,8H2,1H3/t6-,7+/m0/s1. The Morgan fingerprint density at radius 1 is 1.56 bits per heavy atom. The van der Waals surface area contributed by atoms with Crippen molar-refractivity contribution in [2.45, 2.75) is 25.4 Å². The Labute approximate surface area is 56.4 Å². The van der Waals surface area contributed by atoms with E-state index in [1.807, 2.05) is 0 Å². The van der Waals surface area contributed by atoms with Gasteiger partial charge in [-0.25, -0.2) is 0 Å². The first kappa shape index (κ1) is 7.03. The lowest BCUT2D eigenvalue weighted by Crippen LogP contribution is -2.23. The van der Waals surface area contributed by atoms with Crippen LogP contribution in [-0.4, -0.2) is 19.8 Å². The molecular weight excluding hydrogens is 114 g/mol. The van der Waals surface area contributed by atoms with Crippen LogP contribution >= 0.6 is 0 Å². The minimum Gasteiger partial charge on any atom is -0.381 e. The van der Waals surface area contributed by atoms with Crippen molar-refractivity contribution in [3.05, 3.63) is 0 Å². The second-order valence-corrected chi connectivity index (χ2v) is 2.70. The summed E-state index contributed by atoms with van der Waals surface area (Å²) in [7, 11) is 1.78. The highest BCUT2D eigenvalue weighted by Crippen LogP contribution is 2.26. The zero-order valence-corrected chi connectivity index (χ0v) is 5.97. The lowest BCUT2D eigenvalue weighted by atomic mass is 10.1. The molecule has 0 unspecified atom stereocenters. The molecule has 2 heteroatoms. The Balaban J connectivity index is 2.32. The fourth-order valence-electron chi connectivity index (χ4n) is 1.58. The van der Waals surface area contributed by atoms with Gasteiger partial charge in [0, 0.05) is 7.11 Å². The van der Waals surface area contributed by atoms with Gasteiger partial charge < -0.3 is 10.5 Å². The van der Waals surface area contributed by atoms with Crippen molar-refractivity contribution < 1.29 is 4.74 Å². The van der Waals surface area contributed by atoms with Crippen LogP contribution in [0.15, 0.2) is 0 Å². The lowest BCUT2D eigenvalue weighted by Gasteiger charge is -2.14. The number of hydrogen-bond acceptors (Lipinski definition) is 2. The van der Waals surface area contributed by atoms with E-state index in [1.54, 1.807) is 7.11 Å². The molecule has 0 amide bonds. The highest BCUT2D eigenvalue weighted by atomic mass is 16.5. The van der Waals surface area contributed by atoms with Gasteiger partial charge in [-0.1, -0.05) is 6.42 Å². The molecule has 0 aromatic rings. The van der Waals surface area contributed by atoms with Crippen LogP contribution in [0.1, 0.15) is 19.3 Å². The minimum absolute atomic E-state index is 0.454. The van der Waals surface area contributed by atoms with Gasteiger partial charge in [0.15, 0.2) is 0 Å². The molecule has 1 fully saturated rings. The number of nitrogens with two attached hydrogens (primary N) is 1. The van der Waals surface area contributed by atoms with Crippen LogP contribution < -0.4 is 5.73 Å². The van der Waals surface area contributed by atoms with E-state index in [4.69, 9.17) is 10.5 Å². The molecule has 1 saturated carbocycles. The van der Waals surface area contributed by atoms with Crippen LogP contribution in [0.3, 0.4) is 0 Å². The number of methoxy groups -OCH3 is 1. The summed E-state index contributed by atoms with van der Waals surface area (Å²) in [6.45, 7) is 0.790. The fourth-order valence-corrected chi connectivity index (χ4v) is 1.58. The van der Waals surface area contributed by atoms with Crippen molar-refractivity contribution in [1.82, 2.24) is 0 Å². The van der Waals surface area contributed by atoms with Gasteiger partial charge in [-0.2, -0.15) is 0 Å². The molecule has 0 aromatic heterocycles. The normalized spacial score (nSPS) is 35.3. The van der Waals surface area contributed by atoms with Crippen molar-refractivity contribution in [3.63, 3.8) is 0 Å². The minimum atomic E-state index is 0.454. The quantitative estimate of drug-likeness (QED) is 0.597. The van der Waals surface area contributed by atoms with E-state index in [9.17, 15) is 0 Å². The molecule has 1 aliphatic carbocycles. The van der Waals surface area contributed by atoms with Crippen LogP contribution in [0.25, 0.3) is 0 Å². The predicted molar refractivity (Wildman–Crippen MR) is 37.2 cm³/mol. The Morgan fingerprint density at radius 2 is 2.33 bits per heavy atom. The lowest BCUT2D eigenvalue weighted by molar-refractivity contribution is 0.0741. The average Bonchev–Trinajstić information content (AvgIpc) is 2.33. The summed E-state index contributed by atoms with van der Waals surface area (Å²) in [5.41, 5.74) is 5.52. The molecule has 2 atom stereocenters. The van der Waals surface area contributed by atoms with Gasteiger partial charge >= 0.3 is 0 Å². The largest absolute Gasteiger partial charge is 0.381 e. The van der Waals surface area contributed by atoms with Crippen LogP contribution in [0.4, 0.5) is 0 Å². The highest BCUT2D eigenvalue weighted by Gasteiger charge is 2.25. The third-order valence-corrected chi connectivity index (χ3v) is 2.19. The van der Waals surface area contributed by atoms with Crippen LogP contribution in [0, 0.1) is 5.92 Å². The van der Waals surface area contributed by atoms with Crippen LogP contribution in [0.2, 0.25) is 0 Å². The van der Waals surface area contributed by atoms with E-state index in [0.717, 1.165) is 6.54 Å². The third kappa shape index (κ3) is 1.43. The summed E-state index contributed by atoms with van der Waals surface area (Å²) >= 11 is 0. The number of rotatable bonds is 2. The summed E-state index contributed by atoms with van der Waals surface area (Å²) in [6, 6.07) is 0. The van der Waals surface area contributed by atoms with Crippen molar-refractivity contribution >= 4 is 0 Å². The number of ether oxygens (including phenoxy) is 1. The van der Waals surface area contributed by atoms with E-state index >= 15 is 0 Å². The second kappa shape index (κ2) is 3.18. The molecule has 0 heterocycles. The van der Waals surface area contributed by atoms with E-state index in [1.165, 1.54) is 19.3 Å². The Kier molecular flexibility index (Phi) is 2.49. The molecule has 54 valence electrons. The molecular formula is C7H15NO. The molecule has 0 spiro atoms. The third-order valence-electron chi connectivity index (χ3n) is 2.19. The van der Waals surface area contributed by atoms with Crippen molar-refractivity contribution in [2.24, 2.45) is 11.7 Å². The molecule has 0 aliphatic heterocycles. The van der Waals surface area contributed by atoms with Gasteiger partial charge in [0.25, 0.3) is 0 Å². The van der Waals surface area contributed by atoms with E-state index < -0.39 is 0 Å². The molecule has 1 aliphatic rings. The molecule has 0 saturated heterocycles. The van der Waals surface area contributed by atoms with Gasteiger partial charge in [0.2, 0.25) is 0 Å². The highest BCUT2D eigenvalue weighted by molar-refractivity contribution is 4.77. The summed E-state index contributed by atoms with van der Waals surface area (Å²) in [4.78, 5) is 0. The monoisotopic (exact) mass is 129 g/mol. The Morgan fingerprint density at radius 3 is 2.78 bits per heavy atom. The average molecular weight is 129 g/mol. The molecule has 2 nitrogen and oxygen atoms in total. The molecule has 9 heavy (non-hydrogen) atoms. The first-order valence-electron chi connectivity index (χ1n) is 3.61. The van der Waals surface area contributed by atoms with Crippen LogP contribution in [0.5, 0.6) is 0 Å². The maximum absolute atomic E-state index is 5.52. The van der Waals surface area contributed by atoms with E-state index in [0.29, 0.717) is 12.0 Å². The fraction of sp³-hybridized carbons (Fsp3) is 1.00. The topological polar surface area (TPSA) is 35.2 Å². The first-order chi connectivity index (χ1) is 4.38. The molecule has 1 rings (SSSR count). The van der Waals surface area contributed by atoms with Crippen LogP contribution in [-0.2, 0) is 4.74 Å². The summed E-state index contributed by atoms with van der Waals surface area (Å²) in [5, 5.41) is 0. The van der Waals surface area contributed by atoms with Gasteiger partial charge in [0.05, 0.1) is 6.10 Å². The molecule has 0 aromatic carbocycles.